The highest BCUT2D eigenvalue weighted by Gasteiger charge is 2.18. The number of rotatable bonds is 7. The second kappa shape index (κ2) is 8.64. The summed E-state index contributed by atoms with van der Waals surface area (Å²) in [6.07, 6.45) is 2.02. The Bertz CT molecular complexity index is 462. The van der Waals surface area contributed by atoms with Gasteiger partial charge in [-0.05, 0) is 37.8 Å². The molecule has 0 aliphatic heterocycles. The Kier molecular flexibility index (Phi) is 7.15. The van der Waals surface area contributed by atoms with Gasteiger partial charge in [0.2, 0.25) is 0 Å². The van der Waals surface area contributed by atoms with E-state index in [2.05, 4.69) is 0 Å². The van der Waals surface area contributed by atoms with Crippen molar-refractivity contribution in [1.29, 1.82) is 0 Å². The molecule has 20 heavy (non-hydrogen) atoms. The van der Waals surface area contributed by atoms with E-state index < -0.39 is 0 Å². The predicted octanol–water partition coefficient (Wildman–Crippen LogP) is 2.57. The van der Waals surface area contributed by atoms with Gasteiger partial charge in [0, 0.05) is 17.9 Å². The molecule has 1 amide bonds. The molecular weight excluding hydrogens is 274 g/mol. The van der Waals surface area contributed by atoms with Crippen LogP contribution in [0.2, 0.25) is 0 Å². The number of hydrogen-bond donors (Lipinski definition) is 0. The van der Waals surface area contributed by atoms with Crippen molar-refractivity contribution in [3.05, 3.63) is 35.4 Å². The predicted molar refractivity (Wildman–Crippen MR) is 81.9 cm³/mol. The maximum absolute atomic E-state index is 12.4. The van der Waals surface area contributed by atoms with Crippen LogP contribution in [0.4, 0.5) is 0 Å². The molecule has 0 bridgehead atoms. The Morgan fingerprint density at radius 1 is 1.30 bits per heavy atom. The zero-order valence-corrected chi connectivity index (χ0v) is 13.0. The van der Waals surface area contributed by atoms with E-state index in [0.29, 0.717) is 18.7 Å². The molecule has 0 fully saturated rings. The molecule has 0 saturated carbocycles. The first-order valence-corrected chi connectivity index (χ1v) is 8.04. The minimum absolute atomic E-state index is 0.00404. The molecule has 0 spiro atoms. The first-order chi connectivity index (χ1) is 9.62. The number of carbonyl (C=O) groups is 2. The maximum atomic E-state index is 12.4. The van der Waals surface area contributed by atoms with Gasteiger partial charge in [0.25, 0.3) is 5.91 Å². The lowest BCUT2D eigenvalue weighted by Gasteiger charge is -2.20. The van der Waals surface area contributed by atoms with E-state index in [4.69, 9.17) is 4.74 Å². The molecule has 1 aromatic carbocycles. The minimum atomic E-state index is -0.372. The van der Waals surface area contributed by atoms with Gasteiger partial charge in [0.15, 0.2) is 0 Å². The number of thioether (sulfide) groups is 1. The highest BCUT2D eigenvalue weighted by Crippen LogP contribution is 2.13. The average molecular weight is 295 g/mol. The van der Waals surface area contributed by atoms with Crippen LogP contribution in [0.5, 0.6) is 0 Å². The zero-order chi connectivity index (χ0) is 15.0. The van der Waals surface area contributed by atoms with Crippen LogP contribution in [-0.2, 0) is 15.3 Å². The van der Waals surface area contributed by atoms with Crippen LogP contribution in [-0.4, -0.2) is 42.7 Å². The summed E-state index contributed by atoms with van der Waals surface area (Å²) in [4.78, 5) is 25.4. The topological polar surface area (TPSA) is 46.6 Å². The van der Waals surface area contributed by atoms with Crippen molar-refractivity contribution >= 4 is 23.6 Å². The van der Waals surface area contributed by atoms with Gasteiger partial charge in [-0.15, -0.1) is 0 Å². The number of amides is 1. The van der Waals surface area contributed by atoms with Crippen molar-refractivity contribution in [1.82, 2.24) is 4.90 Å². The van der Waals surface area contributed by atoms with Gasteiger partial charge in [-0.1, -0.05) is 12.1 Å². The number of esters is 1. The molecular formula is C15H21NO3S. The second-order valence-corrected chi connectivity index (χ2v) is 5.12. The van der Waals surface area contributed by atoms with E-state index >= 15 is 0 Å². The average Bonchev–Trinajstić information content (AvgIpc) is 2.45. The van der Waals surface area contributed by atoms with Crippen LogP contribution in [0.25, 0.3) is 0 Å². The van der Waals surface area contributed by atoms with E-state index in [1.807, 2.05) is 31.4 Å². The molecule has 0 aromatic heterocycles. The summed E-state index contributed by atoms with van der Waals surface area (Å²) >= 11 is 1.71. The zero-order valence-electron chi connectivity index (χ0n) is 12.2. The largest absolute Gasteiger partial charge is 0.465 e. The van der Waals surface area contributed by atoms with Gasteiger partial charge in [0.1, 0.15) is 6.54 Å². The molecule has 110 valence electrons. The van der Waals surface area contributed by atoms with Crippen LogP contribution in [0.1, 0.15) is 29.8 Å². The Morgan fingerprint density at radius 3 is 2.65 bits per heavy atom. The summed E-state index contributed by atoms with van der Waals surface area (Å²) in [7, 11) is 0. The molecule has 0 aliphatic carbocycles. The van der Waals surface area contributed by atoms with Crippen LogP contribution >= 0.6 is 11.8 Å². The number of nitrogens with zero attached hydrogens (tertiary/aromatic N) is 1. The van der Waals surface area contributed by atoms with Gasteiger partial charge >= 0.3 is 5.97 Å². The van der Waals surface area contributed by atoms with Crippen molar-refractivity contribution < 1.29 is 14.3 Å². The second-order valence-electron chi connectivity index (χ2n) is 4.26. The molecule has 0 atom stereocenters. The summed E-state index contributed by atoms with van der Waals surface area (Å²) in [5.41, 5.74) is 1.72. The molecule has 0 saturated heterocycles. The number of carbonyl (C=O) groups excluding carboxylic acids is 2. The summed E-state index contributed by atoms with van der Waals surface area (Å²) < 4.78 is 4.89. The number of ether oxygens (including phenoxy) is 1. The molecule has 5 heteroatoms. The van der Waals surface area contributed by atoms with Gasteiger partial charge in [-0.25, -0.2) is 0 Å². The van der Waals surface area contributed by atoms with E-state index in [1.165, 1.54) is 4.90 Å². The third-order valence-corrected chi connectivity index (χ3v) is 3.40. The fraction of sp³-hybridized carbons (Fsp3) is 0.467. The monoisotopic (exact) mass is 295 g/mol. The molecule has 1 rings (SSSR count). The molecule has 0 aliphatic rings. The Labute approximate surface area is 124 Å². The third kappa shape index (κ3) is 4.89. The summed E-state index contributed by atoms with van der Waals surface area (Å²) in [5, 5.41) is 0. The lowest BCUT2D eigenvalue weighted by Crippen LogP contribution is -2.36. The van der Waals surface area contributed by atoms with E-state index in [1.54, 1.807) is 24.8 Å². The van der Waals surface area contributed by atoms with Crippen LogP contribution in [0.3, 0.4) is 0 Å². The fourth-order valence-corrected chi connectivity index (χ4v) is 2.35. The van der Waals surface area contributed by atoms with E-state index in [-0.39, 0.29) is 18.4 Å². The maximum Gasteiger partial charge on any atom is 0.325 e. The van der Waals surface area contributed by atoms with Gasteiger partial charge in [-0.2, -0.15) is 11.8 Å². The molecule has 0 N–H and O–H groups in total. The molecule has 0 radical (unpaired) electrons. The highest BCUT2D eigenvalue weighted by molar-refractivity contribution is 7.97. The van der Waals surface area contributed by atoms with Gasteiger partial charge in [0.05, 0.1) is 6.61 Å². The first-order valence-electron chi connectivity index (χ1n) is 6.65. The minimum Gasteiger partial charge on any atom is -0.465 e. The highest BCUT2D eigenvalue weighted by atomic mass is 32.2. The number of benzene rings is 1. The van der Waals surface area contributed by atoms with Crippen LogP contribution in [0, 0.1) is 0 Å². The summed E-state index contributed by atoms with van der Waals surface area (Å²) in [5.74, 6) is 0.358. The lowest BCUT2D eigenvalue weighted by molar-refractivity contribution is -0.143. The Balaban J connectivity index is 2.79. The molecule has 0 unspecified atom stereocenters. The SMILES string of the molecule is CCOC(=O)CN(CC)C(=O)c1cccc(CSC)c1. The fourth-order valence-electron chi connectivity index (χ4n) is 1.83. The summed E-state index contributed by atoms with van der Waals surface area (Å²) in [6, 6.07) is 7.53. The summed E-state index contributed by atoms with van der Waals surface area (Å²) in [6.45, 7) is 4.40. The first kappa shape index (κ1) is 16.6. The Morgan fingerprint density at radius 2 is 2.05 bits per heavy atom. The van der Waals surface area contributed by atoms with Gasteiger partial charge < -0.3 is 9.64 Å². The van der Waals surface area contributed by atoms with Crippen LogP contribution < -0.4 is 0 Å². The van der Waals surface area contributed by atoms with Crippen LogP contribution in [0.15, 0.2) is 24.3 Å². The van der Waals surface area contributed by atoms with Crippen molar-refractivity contribution in [2.24, 2.45) is 0 Å². The van der Waals surface area contributed by atoms with E-state index in [9.17, 15) is 9.59 Å². The smallest absolute Gasteiger partial charge is 0.325 e. The van der Waals surface area contributed by atoms with Gasteiger partial charge in [-0.3, -0.25) is 9.59 Å². The van der Waals surface area contributed by atoms with Crippen molar-refractivity contribution in [2.45, 2.75) is 19.6 Å². The number of likely N-dealkylation sites (N-methyl/N-ethyl adjacent to an activating group) is 1. The standard InChI is InChI=1S/C15H21NO3S/c1-4-16(10-14(17)19-5-2)15(18)13-8-6-7-12(9-13)11-20-3/h6-9H,4-5,10-11H2,1-3H3. The quantitative estimate of drug-likeness (QED) is 0.725. The molecule has 4 nitrogen and oxygen atoms in total. The third-order valence-electron chi connectivity index (χ3n) is 2.78. The van der Waals surface area contributed by atoms with Crippen molar-refractivity contribution in [3.63, 3.8) is 0 Å². The Hall–Kier alpha value is -1.49. The normalized spacial score (nSPS) is 10.2. The molecule has 1 aromatic rings. The molecule has 0 heterocycles. The lowest BCUT2D eigenvalue weighted by atomic mass is 10.1. The van der Waals surface area contributed by atoms with Crippen molar-refractivity contribution in [3.8, 4) is 0 Å². The number of hydrogen-bond acceptors (Lipinski definition) is 4. The van der Waals surface area contributed by atoms with Crippen molar-refractivity contribution in [2.75, 3.05) is 26.0 Å². The van der Waals surface area contributed by atoms with E-state index in [0.717, 1.165) is 11.3 Å².